The van der Waals surface area contributed by atoms with Crippen molar-refractivity contribution in [1.29, 1.82) is 0 Å². The first-order chi connectivity index (χ1) is 8.70. The van der Waals surface area contributed by atoms with Crippen LogP contribution in [0.2, 0.25) is 0 Å². The van der Waals surface area contributed by atoms with Gasteiger partial charge < -0.3 is 16.5 Å². The average Bonchev–Trinajstić information content (AvgIpc) is 2.57. The topological polar surface area (TPSA) is 93.6 Å². The van der Waals surface area contributed by atoms with Crippen molar-refractivity contribution in [2.45, 2.75) is 25.9 Å². The van der Waals surface area contributed by atoms with Crippen LogP contribution in [0.25, 0.3) is 11.2 Å². The molecule has 1 unspecified atom stereocenters. The van der Waals surface area contributed by atoms with Gasteiger partial charge in [-0.25, -0.2) is 9.97 Å². The predicted molar refractivity (Wildman–Crippen MR) is 66.3 cm³/mol. The molecule has 0 radical (unpaired) electrons. The van der Waals surface area contributed by atoms with Gasteiger partial charge in [0, 0.05) is 6.07 Å². The lowest BCUT2D eigenvalue weighted by molar-refractivity contribution is -0.161. The number of fused-ring (bicyclic) bond motifs is 1. The van der Waals surface area contributed by atoms with Crippen LogP contribution in [0.3, 0.4) is 0 Å². The van der Waals surface area contributed by atoms with E-state index >= 15 is 0 Å². The lowest BCUT2D eigenvalue weighted by atomic mass is 9.94. The zero-order valence-corrected chi connectivity index (χ0v) is 10.4. The van der Waals surface area contributed by atoms with E-state index in [-0.39, 0.29) is 28.5 Å². The molecule has 1 atom stereocenters. The first kappa shape index (κ1) is 13.4. The third kappa shape index (κ3) is 2.42. The normalized spacial score (nSPS) is 14.2. The highest BCUT2D eigenvalue weighted by Gasteiger charge is 2.44. The minimum Gasteiger partial charge on any atom is -0.397 e. The summed E-state index contributed by atoms with van der Waals surface area (Å²) in [4.78, 5) is 10.3. The Morgan fingerprint density at radius 2 is 1.84 bits per heavy atom. The van der Waals surface area contributed by atoms with Crippen molar-refractivity contribution in [3.63, 3.8) is 0 Å². The van der Waals surface area contributed by atoms with Crippen molar-refractivity contribution in [1.82, 2.24) is 15.0 Å². The van der Waals surface area contributed by atoms with E-state index < -0.39 is 18.0 Å². The first-order valence-corrected chi connectivity index (χ1v) is 5.68. The molecule has 0 aromatic carbocycles. The summed E-state index contributed by atoms with van der Waals surface area (Å²) in [6.45, 7) is 2.97. The largest absolute Gasteiger partial charge is 0.398 e. The molecule has 8 heteroatoms. The van der Waals surface area contributed by atoms with Crippen LogP contribution < -0.4 is 11.5 Å². The van der Waals surface area contributed by atoms with Gasteiger partial charge in [0.1, 0.15) is 23.1 Å². The molecule has 2 rings (SSSR count). The summed E-state index contributed by atoms with van der Waals surface area (Å²) in [7, 11) is 0. The number of imidazole rings is 1. The van der Waals surface area contributed by atoms with Gasteiger partial charge in [0.05, 0.1) is 5.69 Å². The number of rotatable bonds is 2. The Balaban J connectivity index is 2.59. The molecule has 0 saturated heterocycles. The predicted octanol–water partition coefficient (Wildman–Crippen LogP) is 2.42. The Hall–Kier alpha value is -1.99. The molecule has 2 aromatic rings. The summed E-state index contributed by atoms with van der Waals surface area (Å²) >= 11 is 0. The molecule has 5 N–H and O–H groups in total. The number of nitrogens with zero attached hydrogens (tertiary/aromatic N) is 2. The molecule has 104 valence electrons. The van der Waals surface area contributed by atoms with Crippen LogP contribution in [0.1, 0.15) is 25.6 Å². The van der Waals surface area contributed by atoms with Crippen LogP contribution in [0.15, 0.2) is 6.07 Å². The van der Waals surface area contributed by atoms with Gasteiger partial charge in [0.2, 0.25) is 0 Å². The summed E-state index contributed by atoms with van der Waals surface area (Å²) in [5.41, 5.74) is 11.8. The van der Waals surface area contributed by atoms with Crippen molar-refractivity contribution < 1.29 is 13.2 Å². The zero-order valence-electron chi connectivity index (χ0n) is 10.4. The summed E-state index contributed by atoms with van der Waals surface area (Å²) in [5.74, 6) is -2.42. The van der Waals surface area contributed by atoms with E-state index in [1.165, 1.54) is 19.9 Å². The summed E-state index contributed by atoms with van der Waals surface area (Å²) in [5, 5.41) is 0. The number of anilines is 2. The average molecular weight is 273 g/mol. The van der Waals surface area contributed by atoms with E-state index in [1.54, 1.807) is 0 Å². The fourth-order valence-corrected chi connectivity index (χ4v) is 2.05. The lowest BCUT2D eigenvalue weighted by Crippen LogP contribution is -2.26. The molecule has 0 aliphatic heterocycles. The Kier molecular flexibility index (Phi) is 3.03. The highest BCUT2D eigenvalue weighted by Crippen LogP contribution is 2.39. The second-order valence-corrected chi connectivity index (χ2v) is 4.72. The molecular formula is C11H14F3N5. The fraction of sp³-hybridized carbons (Fsp3) is 0.455. The molecule has 0 saturated carbocycles. The van der Waals surface area contributed by atoms with Crippen molar-refractivity contribution >= 4 is 22.7 Å². The van der Waals surface area contributed by atoms with E-state index in [1.807, 2.05) is 0 Å². The number of alkyl halides is 3. The molecule has 5 nitrogen and oxygen atoms in total. The number of nitrogen functional groups attached to an aromatic ring is 2. The summed E-state index contributed by atoms with van der Waals surface area (Å²) in [6, 6.07) is 1.38. The van der Waals surface area contributed by atoms with Crippen LogP contribution in [0.4, 0.5) is 24.7 Å². The Morgan fingerprint density at radius 1 is 1.21 bits per heavy atom. The maximum Gasteiger partial charge on any atom is 0.398 e. The van der Waals surface area contributed by atoms with Gasteiger partial charge >= 0.3 is 6.18 Å². The molecule has 2 heterocycles. The number of halogens is 3. The number of pyridine rings is 1. The van der Waals surface area contributed by atoms with Crippen LogP contribution >= 0.6 is 0 Å². The maximum absolute atomic E-state index is 13.0. The molecule has 19 heavy (non-hydrogen) atoms. The van der Waals surface area contributed by atoms with Crippen molar-refractivity contribution in [2.24, 2.45) is 5.92 Å². The van der Waals surface area contributed by atoms with Gasteiger partial charge in [-0.3, -0.25) is 0 Å². The molecule has 0 bridgehead atoms. The van der Waals surface area contributed by atoms with Gasteiger partial charge in [0.25, 0.3) is 0 Å². The third-order valence-electron chi connectivity index (χ3n) is 2.84. The Bertz CT molecular complexity index is 602. The highest BCUT2D eigenvalue weighted by atomic mass is 19.4. The molecule has 2 aromatic heterocycles. The minimum absolute atomic E-state index is 0.0994. The number of aromatic nitrogens is 3. The Labute approximate surface area is 107 Å². The third-order valence-corrected chi connectivity index (χ3v) is 2.84. The molecular weight excluding hydrogens is 259 g/mol. The number of nitrogens with one attached hydrogen (secondary N) is 1. The quantitative estimate of drug-likeness (QED) is 0.783. The Morgan fingerprint density at radius 3 is 2.37 bits per heavy atom. The number of nitrogens with two attached hydrogens (primary N) is 2. The van der Waals surface area contributed by atoms with Crippen molar-refractivity contribution in [3.8, 4) is 0 Å². The molecule has 0 spiro atoms. The van der Waals surface area contributed by atoms with Crippen LogP contribution in [0, 0.1) is 5.92 Å². The zero-order chi connectivity index (χ0) is 14.4. The summed E-state index contributed by atoms with van der Waals surface area (Å²) in [6.07, 6.45) is -4.39. The second kappa shape index (κ2) is 4.29. The van der Waals surface area contributed by atoms with Crippen LogP contribution in [-0.2, 0) is 0 Å². The molecule has 0 aliphatic carbocycles. The highest BCUT2D eigenvalue weighted by molar-refractivity contribution is 5.86. The SMILES string of the molecule is CC(C)C(c1nc2nc(N)cc(N)c2[nH]1)C(F)(F)F. The minimum atomic E-state index is -4.39. The van der Waals surface area contributed by atoms with Gasteiger partial charge in [-0.2, -0.15) is 13.2 Å². The van der Waals surface area contributed by atoms with E-state index in [2.05, 4.69) is 15.0 Å². The van der Waals surface area contributed by atoms with E-state index in [9.17, 15) is 13.2 Å². The van der Waals surface area contributed by atoms with E-state index in [0.29, 0.717) is 0 Å². The second-order valence-electron chi connectivity index (χ2n) is 4.72. The van der Waals surface area contributed by atoms with E-state index in [4.69, 9.17) is 11.5 Å². The number of hydrogen-bond acceptors (Lipinski definition) is 4. The lowest BCUT2D eigenvalue weighted by Gasteiger charge is -2.21. The van der Waals surface area contributed by atoms with Gasteiger partial charge in [-0.05, 0) is 5.92 Å². The summed E-state index contributed by atoms with van der Waals surface area (Å²) < 4.78 is 39.1. The molecule has 0 fully saturated rings. The monoisotopic (exact) mass is 273 g/mol. The molecule has 0 aliphatic rings. The maximum atomic E-state index is 13.0. The van der Waals surface area contributed by atoms with Crippen molar-refractivity contribution in [2.75, 3.05) is 11.5 Å². The van der Waals surface area contributed by atoms with Crippen molar-refractivity contribution in [3.05, 3.63) is 11.9 Å². The van der Waals surface area contributed by atoms with Gasteiger partial charge in [-0.15, -0.1) is 0 Å². The fourth-order valence-electron chi connectivity index (χ4n) is 2.05. The first-order valence-electron chi connectivity index (χ1n) is 5.68. The molecule has 0 amide bonds. The van der Waals surface area contributed by atoms with Gasteiger partial charge in [0.15, 0.2) is 5.65 Å². The number of aromatic amines is 1. The smallest absolute Gasteiger partial charge is 0.397 e. The number of hydrogen-bond donors (Lipinski definition) is 3. The van der Waals surface area contributed by atoms with Crippen LogP contribution in [0.5, 0.6) is 0 Å². The standard InChI is InChI=1S/C11H14F3N5/c1-4(2)7(11(12,13)14)9-18-8-5(15)3-6(16)17-10(8)19-9/h3-4,7H,1-2H3,(H5,15,16,17,18,19). The van der Waals surface area contributed by atoms with Crippen LogP contribution in [-0.4, -0.2) is 21.1 Å². The number of H-pyrrole nitrogens is 1. The van der Waals surface area contributed by atoms with E-state index in [0.717, 1.165) is 0 Å². The van der Waals surface area contributed by atoms with Gasteiger partial charge in [-0.1, -0.05) is 13.8 Å².